The van der Waals surface area contributed by atoms with Gasteiger partial charge in [-0.25, -0.2) is 9.97 Å². The Morgan fingerprint density at radius 3 is 2.72 bits per heavy atom. The van der Waals surface area contributed by atoms with Crippen molar-refractivity contribution in [1.82, 2.24) is 9.97 Å². The molecule has 100 valence electrons. The monoisotopic (exact) mass is 269 g/mol. The third kappa shape index (κ3) is 2.93. The minimum Gasteiger partial charge on any atom is -0.384 e. The number of halogens is 1. The maximum atomic E-state index is 6.13. The molecule has 1 aromatic rings. The molecule has 1 aliphatic heterocycles. The van der Waals surface area contributed by atoms with E-state index in [1.165, 1.54) is 0 Å². The molecule has 0 atom stereocenters. The third-order valence-electron chi connectivity index (χ3n) is 3.54. The largest absolute Gasteiger partial charge is 0.384 e. The van der Waals surface area contributed by atoms with E-state index >= 15 is 0 Å². The molecule has 1 aliphatic rings. The van der Waals surface area contributed by atoms with E-state index < -0.39 is 0 Å². The van der Waals surface area contributed by atoms with Crippen molar-refractivity contribution in [3.05, 3.63) is 17.0 Å². The van der Waals surface area contributed by atoms with E-state index in [4.69, 9.17) is 16.3 Å². The zero-order valence-corrected chi connectivity index (χ0v) is 11.8. The van der Waals surface area contributed by atoms with Crippen molar-refractivity contribution in [2.75, 3.05) is 31.7 Å². The molecule has 1 fully saturated rings. The number of methoxy groups -OCH3 is 1. The summed E-state index contributed by atoms with van der Waals surface area (Å²) < 4.78 is 5.22. The maximum Gasteiger partial charge on any atom is 0.137 e. The minimum absolute atomic E-state index is 0.585. The maximum absolute atomic E-state index is 6.13. The van der Waals surface area contributed by atoms with Gasteiger partial charge in [0, 0.05) is 32.4 Å². The Morgan fingerprint density at radius 1 is 1.39 bits per heavy atom. The highest BCUT2D eigenvalue weighted by molar-refractivity contribution is 6.30. The summed E-state index contributed by atoms with van der Waals surface area (Å²) in [6.45, 7) is 4.99. The molecule has 0 unspecified atom stereocenters. The average molecular weight is 270 g/mol. The van der Waals surface area contributed by atoms with Gasteiger partial charge in [-0.15, -0.1) is 0 Å². The Kier molecular flexibility index (Phi) is 4.78. The van der Waals surface area contributed by atoms with Crippen LogP contribution in [0.25, 0.3) is 0 Å². The van der Waals surface area contributed by atoms with Crippen LogP contribution in [-0.4, -0.2) is 36.8 Å². The van der Waals surface area contributed by atoms with Crippen LogP contribution in [0.2, 0.25) is 5.15 Å². The fourth-order valence-corrected chi connectivity index (χ4v) is 2.77. The zero-order valence-electron chi connectivity index (χ0n) is 11.0. The number of piperidine rings is 1. The molecule has 5 heteroatoms. The number of anilines is 1. The smallest absolute Gasteiger partial charge is 0.137 e. The molecule has 0 aliphatic carbocycles. The second-order valence-corrected chi connectivity index (χ2v) is 5.06. The second-order valence-electron chi connectivity index (χ2n) is 4.71. The highest BCUT2D eigenvalue weighted by Gasteiger charge is 2.22. The number of nitrogens with zero attached hydrogens (tertiary/aromatic N) is 3. The molecule has 1 aromatic heterocycles. The van der Waals surface area contributed by atoms with E-state index in [0.717, 1.165) is 50.3 Å². The molecule has 0 saturated carbocycles. The number of ether oxygens (including phenoxy) is 1. The Morgan fingerprint density at radius 2 is 2.11 bits per heavy atom. The van der Waals surface area contributed by atoms with E-state index in [1.54, 1.807) is 13.4 Å². The Bertz CT molecular complexity index is 392. The predicted octanol–water partition coefficient (Wildman–Crippen LogP) is 2.56. The molecule has 0 amide bonds. The molecule has 0 bridgehead atoms. The van der Waals surface area contributed by atoms with Gasteiger partial charge in [0.15, 0.2) is 0 Å². The molecule has 0 N–H and O–H groups in total. The summed E-state index contributed by atoms with van der Waals surface area (Å²) in [5.74, 6) is 1.68. The van der Waals surface area contributed by atoms with Gasteiger partial charge >= 0.3 is 0 Å². The van der Waals surface area contributed by atoms with E-state index in [-0.39, 0.29) is 0 Å². The molecule has 4 nitrogen and oxygen atoms in total. The quantitative estimate of drug-likeness (QED) is 0.788. The minimum atomic E-state index is 0.585. The van der Waals surface area contributed by atoms with Gasteiger partial charge in [0.2, 0.25) is 0 Å². The Hall–Kier alpha value is -0.870. The predicted molar refractivity (Wildman–Crippen MR) is 73.2 cm³/mol. The first-order valence-electron chi connectivity index (χ1n) is 6.49. The molecular weight excluding hydrogens is 250 g/mol. The average Bonchev–Trinajstić information content (AvgIpc) is 2.40. The first kappa shape index (κ1) is 13.6. The van der Waals surface area contributed by atoms with Crippen LogP contribution in [0.1, 0.15) is 25.3 Å². The van der Waals surface area contributed by atoms with Gasteiger partial charge in [-0.3, -0.25) is 0 Å². The molecule has 0 spiro atoms. The Balaban J connectivity index is 2.07. The van der Waals surface area contributed by atoms with Gasteiger partial charge in [-0.1, -0.05) is 18.5 Å². The molecule has 0 radical (unpaired) electrons. The third-order valence-corrected chi connectivity index (χ3v) is 3.87. The second kappa shape index (κ2) is 6.34. The van der Waals surface area contributed by atoms with Gasteiger partial charge in [0.25, 0.3) is 0 Å². The number of hydrogen-bond donors (Lipinski definition) is 0. The van der Waals surface area contributed by atoms with E-state index in [2.05, 4.69) is 21.8 Å². The summed E-state index contributed by atoms with van der Waals surface area (Å²) >= 11 is 6.13. The number of rotatable bonds is 4. The summed E-state index contributed by atoms with van der Waals surface area (Å²) in [7, 11) is 1.77. The summed E-state index contributed by atoms with van der Waals surface area (Å²) in [6, 6.07) is 0. The molecular formula is C13H20ClN3O. The van der Waals surface area contributed by atoms with Gasteiger partial charge in [-0.05, 0) is 25.2 Å². The number of aromatic nitrogens is 2. The lowest BCUT2D eigenvalue weighted by Crippen LogP contribution is -2.36. The normalized spacial score (nSPS) is 17.2. The van der Waals surface area contributed by atoms with E-state index in [1.807, 2.05) is 0 Å². The van der Waals surface area contributed by atoms with Gasteiger partial charge in [0.05, 0.1) is 0 Å². The summed E-state index contributed by atoms with van der Waals surface area (Å²) in [5, 5.41) is 0.585. The van der Waals surface area contributed by atoms with Crippen molar-refractivity contribution in [3.63, 3.8) is 0 Å². The van der Waals surface area contributed by atoms with Crippen LogP contribution in [0.15, 0.2) is 6.33 Å². The van der Waals surface area contributed by atoms with Gasteiger partial charge in [-0.2, -0.15) is 0 Å². The molecule has 2 rings (SSSR count). The van der Waals surface area contributed by atoms with Crippen LogP contribution >= 0.6 is 11.6 Å². The molecule has 18 heavy (non-hydrogen) atoms. The van der Waals surface area contributed by atoms with E-state index in [0.29, 0.717) is 11.1 Å². The number of hydrogen-bond acceptors (Lipinski definition) is 4. The van der Waals surface area contributed by atoms with Crippen molar-refractivity contribution in [2.45, 2.75) is 26.2 Å². The van der Waals surface area contributed by atoms with Gasteiger partial charge < -0.3 is 9.64 Å². The van der Waals surface area contributed by atoms with Gasteiger partial charge in [0.1, 0.15) is 17.3 Å². The van der Waals surface area contributed by atoms with Crippen molar-refractivity contribution in [1.29, 1.82) is 0 Å². The van der Waals surface area contributed by atoms with Crippen LogP contribution in [0.5, 0.6) is 0 Å². The summed E-state index contributed by atoms with van der Waals surface area (Å²) in [5.41, 5.74) is 1.06. The van der Waals surface area contributed by atoms with Crippen molar-refractivity contribution in [2.24, 2.45) is 5.92 Å². The zero-order chi connectivity index (χ0) is 13.0. The first-order chi connectivity index (χ1) is 8.76. The lowest BCUT2D eigenvalue weighted by molar-refractivity contribution is 0.139. The summed E-state index contributed by atoms with van der Waals surface area (Å²) in [4.78, 5) is 10.8. The van der Waals surface area contributed by atoms with Crippen LogP contribution in [0.3, 0.4) is 0 Å². The van der Waals surface area contributed by atoms with Crippen molar-refractivity contribution < 1.29 is 4.74 Å². The summed E-state index contributed by atoms with van der Waals surface area (Å²) in [6.07, 6.45) is 4.72. The standard InChI is InChI=1S/C13H20ClN3O/c1-3-11-12(14)15-9-16-13(11)17-6-4-10(5-7-17)8-18-2/h9-10H,3-8H2,1-2H3. The highest BCUT2D eigenvalue weighted by atomic mass is 35.5. The van der Waals surface area contributed by atoms with Crippen LogP contribution < -0.4 is 4.90 Å². The van der Waals surface area contributed by atoms with Crippen LogP contribution in [0, 0.1) is 5.92 Å². The molecule has 1 saturated heterocycles. The fraction of sp³-hybridized carbons (Fsp3) is 0.692. The van der Waals surface area contributed by atoms with Crippen LogP contribution in [0.4, 0.5) is 5.82 Å². The molecule has 0 aromatic carbocycles. The Labute approximate surface area is 113 Å². The lowest BCUT2D eigenvalue weighted by Gasteiger charge is -2.33. The molecule has 2 heterocycles. The highest BCUT2D eigenvalue weighted by Crippen LogP contribution is 2.27. The SMILES string of the molecule is CCc1c(Cl)ncnc1N1CCC(COC)CC1. The lowest BCUT2D eigenvalue weighted by atomic mass is 9.97. The fourth-order valence-electron chi connectivity index (χ4n) is 2.51. The van der Waals surface area contributed by atoms with Crippen molar-refractivity contribution >= 4 is 17.4 Å². The van der Waals surface area contributed by atoms with Crippen molar-refractivity contribution in [3.8, 4) is 0 Å². The topological polar surface area (TPSA) is 38.2 Å². The van der Waals surface area contributed by atoms with E-state index in [9.17, 15) is 0 Å². The first-order valence-corrected chi connectivity index (χ1v) is 6.87. The van der Waals surface area contributed by atoms with Crippen LogP contribution in [-0.2, 0) is 11.2 Å².